The van der Waals surface area contributed by atoms with Gasteiger partial charge in [0.25, 0.3) is 0 Å². The van der Waals surface area contributed by atoms with Crippen LogP contribution < -0.4 is 5.32 Å². The van der Waals surface area contributed by atoms with Crippen LogP contribution in [-0.2, 0) is 4.79 Å². The lowest BCUT2D eigenvalue weighted by molar-refractivity contribution is -0.117. The van der Waals surface area contributed by atoms with Gasteiger partial charge in [-0.2, -0.15) is 0 Å². The second kappa shape index (κ2) is 3.89. The Hall–Kier alpha value is -1.81. The van der Waals surface area contributed by atoms with Crippen LogP contribution in [-0.4, -0.2) is 15.5 Å². The van der Waals surface area contributed by atoms with E-state index in [2.05, 4.69) is 10.3 Å². The van der Waals surface area contributed by atoms with Crippen LogP contribution >= 0.6 is 11.6 Å². The van der Waals surface area contributed by atoms with Crippen LogP contribution in [0, 0.1) is 0 Å². The van der Waals surface area contributed by atoms with E-state index in [9.17, 15) is 4.79 Å². The second-order valence-electron chi connectivity index (χ2n) is 3.95. The molecular formula is C12H10ClN3O. The average molecular weight is 248 g/mol. The van der Waals surface area contributed by atoms with Crippen molar-refractivity contribution in [1.82, 2.24) is 9.55 Å². The lowest BCUT2D eigenvalue weighted by Crippen LogP contribution is -2.28. The molecule has 2 heterocycles. The molecule has 1 amide bonds. The summed E-state index contributed by atoms with van der Waals surface area (Å²) in [7, 11) is 0. The van der Waals surface area contributed by atoms with Crippen molar-refractivity contribution in [3.63, 3.8) is 0 Å². The lowest BCUT2D eigenvalue weighted by atomic mass is 10.0. The molecule has 0 aliphatic carbocycles. The van der Waals surface area contributed by atoms with Gasteiger partial charge in [0, 0.05) is 17.4 Å². The molecule has 1 atom stereocenters. The van der Waals surface area contributed by atoms with E-state index >= 15 is 0 Å². The van der Waals surface area contributed by atoms with Gasteiger partial charge in [-0.05, 0) is 11.6 Å². The van der Waals surface area contributed by atoms with Crippen molar-refractivity contribution < 1.29 is 4.79 Å². The zero-order valence-corrected chi connectivity index (χ0v) is 9.69. The van der Waals surface area contributed by atoms with Crippen molar-refractivity contribution in [1.29, 1.82) is 0 Å². The molecule has 1 aliphatic rings. The first-order valence-electron chi connectivity index (χ1n) is 5.33. The summed E-state index contributed by atoms with van der Waals surface area (Å²) in [5.41, 5.74) is 0.947. The van der Waals surface area contributed by atoms with Crippen LogP contribution in [0.5, 0.6) is 0 Å². The third kappa shape index (κ3) is 1.70. The van der Waals surface area contributed by atoms with Gasteiger partial charge < -0.3 is 4.57 Å². The van der Waals surface area contributed by atoms with Gasteiger partial charge in [-0.3, -0.25) is 10.1 Å². The maximum atomic E-state index is 11.6. The Balaban J connectivity index is 2.11. The molecule has 0 spiro atoms. The third-order valence-corrected chi connectivity index (χ3v) is 3.24. The van der Waals surface area contributed by atoms with E-state index < -0.39 is 0 Å². The fraction of sp³-hybridized carbons (Fsp3) is 0.167. The Morgan fingerprint density at radius 1 is 1.41 bits per heavy atom. The van der Waals surface area contributed by atoms with Gasteiger partial charge >= 0.3 is 0 Å². The monoisotopic (exact) mass is 247 g/mol. The highest BCUT2D eigenvalue weighted by Gasteiger charge is 2.27. The first-order valence-corrected chi connectivity index (χ1v) is 5.70. The summed E-state index contributed by atoms with van der Waals surface area (Å²) in [4.78, 5) is 15.7. The number of aromatic nitrogens is 2. The molecule has 86 valence electrons. The molecule has 3 rings (SSSR count). The number of amides is 1. The van der Waals surface area contributed by atoms with Gasteiger partial charge in [0.2, 0.25) is 11.9 Å². The van der Waals surface area contributed by atoms with Crippen LogP contribution in [0.4, 0.5) is 5.95 Å². The molecule has 0 saturated carbocycles. The summed E-state index contributed by atoms with van der Waals surface area (Å²) >= 11 is 6.17. The predicted molar refractivity (Wildman–Crippen MR) is 65.1 cm³/mol. The minimum atomic E-state index is -0.0741. The minimum absolute atomic E-state index is 0.0337. The zero-order valence-electron chi connectivity index (χ0n) is 8.93. The van der Waals surface area contributed by atoms with E-state index in [1.165, 1.54) is 0 Å². The zero-order chi connectivity index (χ0) is 11.8. The van der Waals surface area contributed by atoms with Gasteiger partial charge in [0.05, 0.1) is 12.5 Å². The molecule has 0 saturated heterocycles. The average Bonchev–Trinajstić information content (AvgIpc) is 2.76. The second-order valence-corrected chi connectivity index (χ2v) is 4.35. The number of halogens is 1. The van der Waals surface area contributed by atoms with Crippen LogP contribution in [0.25, 0.3) is 0 Å². The molecule has 5 heteroatoms. The maximum absolute atomic E-state index is 11.6. The normalized spacial score (nSPS) is 18.6. The molecule has 0 fully saturated rings. The molecule has 1 aromatic carbocycles. The Bertz CT molecular complexity index is 579. The summed E-state index contributed by atoms with van der Waals surface area (Å²) in [5, 5.41) is 3.40. The first kappa shape index (κ1) is 10.4. The number of carbonyl (C=O) groups is 1. The van der Waals surface area contributed by atoms with Crippen molar-refractivity contribution >= 4 is 23.5 Å². The van der Waals surface area contributed by atoms with Crippen molar-refractivity contribution in [3.05, 3.63) is 47.2 Å². The third-order valence-electron chi connectivity index (χ3n) is 2.90. The number of nitrogens with one attached hydrogen (secondary N) is 1. The smallest absolute Gasteiger partial charge is 0.229 e. The standard InChI is InChI=1S/C12H10ClN3O/c13-9-4-2-1-3-8(9)10-7-11(17)15-12-14-5-6-16(10)12/h1-6,10H,7H2,(H,14,15,17). The van der Waals surface area contributed by atoms with Crippen molar-refractivity contribution in [2.24, 2.45) is 0 Å². The van der Waals surface area contributed by atoms with Crippen molar-refractivity contribution in [2.75, 3.05) is 5.32 Å². The highest BCUT2D eigenvalue weighted by Crippen LogP contribution is 2.33. The van der Waals surface area contributed by atoms with Gasteiger partial charge in [-0.25, -0.2) is 4.98 Å². The Labute approximate surface area is 103 Å². The number of hydrogen-bond acceptors (Lipinski definition) is 2. The maximum Gasteiger partial charge on any atom is 0.229 e. The molecule has 1 aliphatic heterocycles. The Kier molecular flexibility index (Phi) is 2.37. The number of fused-ring (bicyclic) bond motifs is 1. The molecule has 0 bridgehead atoms. The number of anilines is 1. The molecular weight excluding hydrogens is 238 g/mol. The summed E-state index contributed by atoms with van der Waals surface area (Å²) in [5.74, 6) is 0.541. The van der Waals surface area contributed by atoms with Gasteiger partial charge in [-0.15, -0.1) is 0 Å². The van der Waals surface area contributed by atoms with Crippen LogP contribution in [0.15, 0.2) is 36.7 Å². The number of carbonyl (C=O) groups excluding carboxylic acids is 1. The highest BCUT2D eigenvalue weighted by atomic mass is 35.5. The van der Waals surface area contributed by atoms with Crippen LogP contribution in [0.1, 0.15) is 18.0 Å². The molecule has 1 unspecified atom stereocenters. The molecule has 1 N–H and O–H groups in total. The summed E-state index contributed by atoms with van der Waals surface area (Å²) in [6.07, 6.45) is 3.90. The molecule has 2 aromatic rings. The van der Waals surface area contributed by atoms with Gasteiger partial charge in [0.15, 0.2) is 0 Å². The molecule has 1 aromatic heterocycles. The summed E-state index contributed by atoms with van der Waals surface area (Å²) in [6.45, 7) is 0. The Morgan fingerprint density at radius 3 is 3.06 bits per heavy atom. The predicted octanol–water partition coefficient (Wildman–Crippen LogP) is 2.47. The van der Waals surface area contributed by atoms with Crippen LogP contribution in [0.3, 0.4) is 0 Å². The summed E-state index contributed by atoms with van der Waals surface area (Å²) in [6, 6.07) is 7.50. The highest BCUT2D eigenvalue weighted by molar-refractivity contribution is 6.31. The first-order chi connectivity index (χ1) is 8.25. The van der Waals surface area contributed by atoms with E-state index in [1.54, 1.807) is 6.20 Å². The van der Waals surface area contributed by atoms with Crippen molar-refractivity contribution in [2.45, 2.75) is 12.5 Å². The quantitative estimate of drug-likeness (QED) is 0.842. The van der Waals surface area contributed by atoms with Gasteiger partial charge in [-0.1, -0.05) is 29.8 Å². The number of imidazole rings is 1. The van der Waals surface area contributed by atoms with Gasteiger partial charge in [0.1, 0.15) is 0 Å². The van der Waals surface area contributed by atoms with Crippen molar-refractivity contribution in [3.8, 4) is 0 Å². The number of rotatable bonds is 1. The Morgan fingerprint density at radius 2 is 2.24 bits per heavy atom. The van der Waals surface area contributed by atoms with E-state index in [0.717, 1.165) is 5.56 Å². The number of nitrogens with zero attached hydrogens (tertiary/aromatic N) is 2. The SMILES string of the molecule is O=C1CC(c2ccccc2Cl)n2ccnc2N1. The molecule has 4 nitrogen and oxygen atoms in total. The lowest BCUT2D eigenvalue weighted by Gasteiger charge is -2.25. The van der Waals surface area contributed by atoms with E-state index in [-0.39, 0.29) is 11.9 Å². The number of benzene rings is 1. The fourth-order valence-corrected chi connectivity index (χ4v) is 2.38. The molecule has 17 heavy (non-hydrogen) atoms. The fourth-order valence-electron chi connectivity index (χ4n) is 2.12. The van der Waals surface area contributed by atoms with E-state index in [0.29, 0.717) is 17.4 Å². The van der Waals surface area contributed by atoms with Crippen LogP contribution in [0.2, 0.25) is 5.02 Å². The van der Waals surface area contributed by atoms with E-state index in [4.69, 9.17) is 11.6 Å². The molecule has 0 radical (unpaired) electrons. The largest absolute Gasteiger partial charge is 0.309 e. The number of hydrogen-bond donors (Lipinski definition) is 1. The summed E-state index contributed by atoms with van der Waals surface area (Å²) < 4.78 is 1.93. The van der Waals surface area contributed by atoms with E-state index in [1.807, 2.05) is 35.0 Å². The topological polar surface area (TPSA) is 46.9 Å². The minimum Gasteiger partial charge on any atom is -0.309 e.